The van der Waals surface area contributed by atoms with Crippen LogP contribution in [0, 0.1) is 0 Å². The van der Waals surface area contributed by atoms with Gasteiger partial charge in [0.2, 0.25) is 0 Å². The molecule has 92 valence electrons. The summed E-state index contributed by atoms with van der Waals surface area (Å²) < 4.78 is 5.88. The molecule has 0 radical (unpaired) electrons. The Labute approximate surface area is 109 Å². The van der Waals surface area contributed by atoms with Crippen molar-refractivity contribution < 1.29 is 4.74 Å². The molecule has 0 bridgehead atoms. The first-order valence-corrected chi connectivity index (χ1v) is 6.21. The van der Waals surface area contributed by atoms with Crippen molar-refractivity contribution in [3.05, 3.63) is 72.3 Å². The van der Waals surface area contributed by atoms with Crippen LogP contribution in [0.4, 0.5) is 0 Å². The van der Waals surface area contributed by atoms with Crippen LogP contribution in [-0.2, 0) is 6.42 Å². The minimum absolute atomic E-state index is 0.169. The number of benzene rings is 2. The maximum atomic E-state index is 5.88. The average Bonchev–Trinajstić information content (AvgIpc) is 2.40. The van der Waals surface area contributed by atoms with E-state index in [1.54, 1.807) is 0 Å². The molecule has 0 saturated heterocycles. The second-order valence-corrected chi connectivity index (χ2v) is 4.39. The number of hydrogen-bond acceptors (Lipinski definition) is 1. The van der Waals surface area contributed by atoms with Gasteiger partial charge in [-0.3, -0.25) is 0 Å². The van der Waals surface area contributed by atoms with E-state index >= 15 is 0 Å². The van der Waals surface area contributed by atoms with Crippen molar-refractivity contribution in [2.75, 3.05) is 0 Å². The number of ether oxygens (including phenoxy) is 1. The maximum absolute atomic E-state index is 5.88. The molecule has 0 N–H and O–H groups in total. The smallest absolute Gasteiger partial charge is 0.119 e. The molecule has 0 fully saturated rings. The molecule has 0 aromatic heterocycles. The highest BCUT2D eigenvalue weighted by Gasteiger charge is 2.05. The quantitative estimate of drug-likeness (QED) is 0.753. The third kappa shape index (κ3) is 3.49. The molecule has 0 spiro atoms. The predicted molar refractivity (Wildman–Crippen MR) is 76.8 cm³/mol. The van der Waals surface area contributed by atoms with Gasteiger partial charge < -0.3 is 4.74 Å². The van der Waals surface area contributed by atoms with E-state index in [9.17, 15) is 0 Å². The Morgan fingerprint density at radius 2 is 1.72 bits per heavy atom. The molecule has 1 atom stereocenters. The van der Waals surface area contributed by atoms with Gasteiger partial charge in [-0.25, -0.2) is 0 Å². The first-order valence-electron chi connectivity index (χ1n) is 6.21. The van der Waals surface area contributed by atoms with Crippen molar-refractivity contribution in [3.63, 3.8) is 0 Å². The topological polar surface area (TPSA) is 9.23 Å². The van der Waals surface area contributed by atoms with Gasteiger partial charge in [-0.15, -0.1) is 0 Å². The van der Waals surface area contributed by atoms with E-state index in [2.05, 4.69) is 37.8 Å². The standard InChI is InChI=1S/C17H18O/c1-3-15-9-11-17(12-10-15)18-14(2)13-16-7-5-4-6-8-16/h3-12,14H,1,13H2,2H3. The van der Waals surface area contributed by atoms with Crippen LogP contribution in [0.2, 0.25) is 0 Å². The molecular formula is C17H18O. The monoisotopic (exact) mass is 238 g/mol. The zero-order chi connectivity index (χ0) is 12.8. The summed E-state index contributed by atoms with van der Waals surface area (Å²) in [4.78, 5) is 0. The molecule has 2 aromatic rings. The van der Waals surface area contributed by atoms with Crippen molar-refractivity contribution in [1.29, 1.82) is 0 Å². The van der Waals surface area contributed by atoms with Crippen LogP contribution in [0.5, 0.6) is 5.75 Å². The van der Waals surface area contributed by atoms with Gasteiger partial charge in [-0.2, -0.15) is 0 Å². The minimum Gasteiger partial charge on any atom is -0.490 e. The Morgan fingerprint density at radius 3 is 2.33 bits per heavy atom. The van der Waals surface area contributed by atoms with E-state index in [0.29, 0.717) is 0 Å². The lowest BCUT2D eigenvalue weighted by Gasteiger charge is -2.14. The summed E-state index contributed by atoms with van der Waals surface area (Å²) >= 11 is 0. The number of hydrogen-bond donors (Lipinski definition) is 0. The maximum Gasteiger partial charge on any atom is 0.119 e. The average molecular weight is 238 g/mol. The molecule has 0 saturated carbocycles. The lowest BCUT2D eigenvalue weighted by Crippen LogP contribution is -2.14. The molecule has 0 aliphatic heterocycles. The second-order valence-electron chi connectivity index (χ2n) is 4.39. The van der Waals surface area contributed by atoms with E-state index in [1.165, 1.54) is 5.56 Å². The summed E-state index contributed by atoms with van der Waals surface area (Å²) in [6.07, 6.45) is 2.92. The normalized spacial score (nSPS) is 11.8. The predicted octanol–water partition coefficient (Wildman–Crippen LogP) is 4.34. The molecule has 0 amide bonds. The molecule has 18 heavy (non-hydrogen) atoms. The number of rotatable bonds is 5. The fourth-order valence-electron chi connectivity index (χ4n) is 1.90. The highest BCUT2D eigenvalue weighted by molar-refractivity contribution is 5.48. The van der Waals surface area contributed by atoms with Crippen LogP contribution >= 0.6 is 0 Å². The van der Waals surface area contributed by atoms with E-state index in [-0.39, 0.29) is 6.10 Å². The molecule has 2 rings (SSSR count). The highest BCUT2D eigenvalue weighted by atomic mass is 16.5. The van der Waals surface area contributed by atoms with Crippen LogP contribution < -0.4 is 4.74 Å². The Morgan fingerprint density at radius 1 is 1.06 bits per heavy atom. The van der Waals surface area contributed by atoms with Crippen molar-refractivity contribution in [2.24, 2.45) is 0 Å². The van der Waals surface area contributed by atoms with Crippen molar-refractivity contribution in [1.82, 2.24) is 0 Å². The van der Waals surface area contributed by atoms with Gasteiger partial charge in [0.25, 0.3) is 0 Å². The molecule has 1 unspecified atom stereocenters. The molecule has 2 aromatic carbocycles. The minimum atomic E-state index is 0.169. The SMILES string of the molecule is C=Cc1ccc(OC(C)Cc2ccccc2)cc1. The van der Waals surface area contributed by atoms with Gasteiger partial charge in [-0.05, 0) is 30.2 Å². The first kappa shape index (κ1) is 12.4. The van der Waals surface area contributed by atoms with E-state index in [4.69, 9.17) is 4.74 Å². The Bertz CT molecular complexity index is 485. The molecule has 0 aliphatic carbocycles. The summed E-state index contributed by atoms with van der Waals surface area (Å²) in [5.74, 6) is 0.907. The zero-order valence-electron chi connectivity index (χ0n) is 10.7. The Kier molecular flexibility index (Phi) is 4.19. The summed E-state index contributed by atoms with van der Waals surface area (Å²) in [5, 5.41) is 0. The van der Waals surface area contributed by atoms with Crippen LogP contribution in [-0.4, -0.2) is 6.10 Å². The van der Waals surface area contributed by atoms with Crippen molar-refractivity contribution in [3.8, 4) is 5.75 Å². The van der Waals surface area contributed by atoms with Crippen LogP contribution in [0.1, 0.15) is 18.1 Å². The Balaban J connectivity index is 1.94. The van der Waals surface area contributed by atoms with Gasteiger partial charge in [-0.1, -0.05) is 55.1 Å². The van der Waals surface area contributed by atoms with E-state index < -0.39 is 0 Å². The molecule has 1 nitrogen and oxygen atoms in total. The lowest BCUT2D eigenvalue weighted by molar-refractivity contribution is 0.222. The summed E-state index contributed by atoms with van der Waals surface area (Å²) in [6, 6.07) is 18.4. The summed E-state index contributed by atoms with van der Waals surface area (Å²) in [7, 11) is 0. The summed E-state index contributed by atoms with van der Waals surface area (Å²) in [5.41, 5.74) is 2.41. The summed E-state index contributed by atoms with van der Waals surface area (Å²) in [6.45, 7) is 5.83. The van der Waals surface area contributed by atoms with Crippen LogP contribution in [0.25, 0.3) is 6.08 Å². The first-order chi connectivity index (χ1) is 8.78. The molecule has 1 heteroatoms. The van der Waals surface area contributed by atoms with Gasteiger partial charge in [0.1, 0.15) is 5.75 Å². The molecule has 0 aliphatic rings. The Hall–Kier alpha value is -2.02. The van der Waals surface area contributed by atoms with Crippen LogP contribution in [0.15, 0.2) is 61.2 Å². The van der Waals surface area contributed by atoms with E-state index in [0.717, 1.165) is 17.7 Å². The fraction of sp³-hybridized carbons (Fsp3) is 0.176. The van der Waals surface area contributed by atoms with Crippen molar-refractivity contribution >= 4 is 6.08 Å². The van der Waals surface area contributed by atoms with E-state index in [1.807, 2.05) is 36.4 Å². The molecular weight excluding hydrogens is 220 g/mol. The lowest BCUT2D eigenvalue weighted by atomic mass is 10.1. The second kappa shape index (κ2) is 6.06. The molecule has 0 heterocycles. The van der Waals surface area contributed by atoms with Gasteiger partial charge in [0.05, 0.1) is 6.10 Å². The van der Waals surface area contributed by atoms with Crippen LogP contribution in [0.3, 0.4) is 0 Å². The largest absolute Gasteiger partial charge is 0.490 e. The third-order valence-electron chi connectivity index (χ3n) is 2.82. The fourth-order valence-corrected chi connectivity index (χ4v) is 1.90. The van der Waals surface area contributed by atoms with Gasteiger partial charge in [0.15, 0.2) is 0 Å². The highest BCUT2D eigenvalue weighted by Crippen LogP contribution is 2.16. The zero-order valence-corrected chi connectivity index (χ0v) is 10.7. The van der Waals surface area contributed by atoms with Gasteiger partial charge >= 0.3 is 0 Å². The third-order valence-corrected chi connectivity index (χ3v) is 2.82. The van der Waals surface area contributed by atoms with Crippen molar-refractivity contribution in [2.45, 2.75) is 19.4 Å². The van der Waals surface area contributed by atoms with Gasteiger partial charge in [0, 0.05) is 6.42 Å².